The van der Waals surface area contributed by atoms with Crippen LogP contribution in [0.3, 0.4) is 0 Å². The lowest BCUT2D eigenvalue weighted by Gasteiger charge is -2.37. The molecule has 8 heteroatoms. The lowest BCUT2D eigenvalue weighted by molar-refractivity contribution is 0.169. The number of nitrogens with zero attached hydrogens (tertiary/aromatic N) is 5. The molecule has 0 aromatic carbocycles. The SMILES string of the molecule is CN1C2CCC1CC(Nc1nc(Nc3ncc(C#N)s3)cc3ncccc13)C2. The van der Waals surface area contributed by atoms with Crippen molar-refractivity contribution in [1.82, 2.24) is 19.9 Å². The molecule has 2 unspecified atom stereocenters. The minimum absolute atomic E-state index is 0.421. The van der Waals surface area contributed by atoms with E-state index in [9.17, 15) is 0 Å². The molecule has 2 N–H and O–H groups in total. The lowest BCUT2D eigenvalue weighted by atomic mass is 9.98. The van der Waals surface area contributed by atoms with E-state index in [1.54, 1.807) is 12.4 Å². The number of hydrogen-bond donors (Lipinski definition) is 2. The third-order valence-electron chi connectivity index (χ3n) is 5.89. The molecule has 3 aromatic rings. The molecule has 2 saturated heterocycles. The van der Waals surface area contributed by atoms with Crippen molar-refractivity contribution in [2.45, 2.75) is 43.8 Å². The van der Waals surface area contributed by atoms with Gasteiger partial charge in [-0.05, 0) is 44.9 Å². The van der Waals surface area contributed by atoms with Crippen LogP contribution in [0.5, 0.6) is 0 Å². The van der Waals surface area contributed by atoms with Crippen LogP contribution < -0.4 is 10.6 Å². The van der Waals surface area contributed by atoms with Crippen molar-refractivity contribution in [3.8, 4) is 6.07 Å². The molecule has 2 atom stereocenters. The number of aromatic nitrogens is 3. The van der Waals surface area contributed by atoms with Crippen molar-refractivity contribution in [1.29, 1.82) is 5.26 Å². The van der Waals surface area contributed by atoms with Gasteiger partial charge in [0, 0.05) is 35.8 Å². The van der Waals surface area contributed by atoms with Crippen LogP contribution in [0.15, 0.2) is 30.6 Å². The molecule has 0 radical (unpaired) electrons. The van der Waals surface area contributed by atoms with Crippen molar-refractivity contribution in [2.24, 2.45) is 0 Å². The molecule has 5 heterocycles. The van der Waals surface area contributed by atoms with Crippen LogP contribution in [-0.2, 0) is 0 Å². The zero-order chi connectivity index (χ0) is 19.1. The van der Waals surface area contributed by atoms with Crippen molar-refractivity contribution in [3.05, 3.63) is 35.5 Å². The second-order valence-electron chi connectivity index (χ2n) is 7.56. The smallest absolute Gasteiger partial charge is 0.189 e. The maximum atomic E-state index is 9.00. The van der Waals surface area contributed by atoms with Crippen LogP contribution in [-0.4, -0.2) is 45.0 Å². The summed E-state index contributed by atoms with van der Waals surface area (Å²) in [6.07, 6.45) is 8.24. The van der Waals surface area contributed by atoms with E-state index < -0.39 is 0 Å². The van der Waals surface area contributed by atoms with Crippen LogP contribution in [0.25, 0.3) is 10.9 Å². The Balaban J connectivity index is 1.44. The first-order chi connectivity index (χ1) is 13.7. The molecular weight excluding hydrogens is 370 g/mol. The van der Waals surface area contributed by atoms with E-state index in [0.29, 0.717) is 34.0 Å². The molecule has 2 bridgehead atoms. The molecule has 142 valence electrons. The van der Waals surface area contributed by atoms with Crippen molar-refractivity contribution in [2.75, 3.05) is 17.7 Å². The monoisotopic (exact) mass is 391 g/mol. The summed E-state index contributed by atoms with van der Waals surface area (Å²) in [6.45, 7) is 0. The molecular formula is C20H21N7S. The van der Waals surface area contributed by atoms with E-state index in [2.05, 4.69) is 44.7 Å². The normalized spacial score (nSPS) is 24.2. The summed E-state index contributed by atoms with van der Waals surface area (Å²) in [7, 11) is 2.25. The van der Waals surface area contributed by atoms with Gasteiger partial charge in [-0.1, -0.05) is 11.3 Å². The average molecular weight is 392 g/mol. The van der Waals surface area contributed by atoms with Crippen LogP contribution in [0, 0.1) is 11.3 Å². The number of anilines is 3. The highest BCUT2D eigenvalue weighted by Gasteiger charge is 2.38. The first kappa shape index (κ1) is 17.3. The summed E-state index contributed by atoms with van der Waals surface area (Å²) in [4.78, 5) is 16.7. The van der Waals surface area contributed by atoms with Gasteiger partial charge < -0.3 is 15.5 Å². The molecule has 7 nitrogen and oxygen atoms in total. The van der Waals surface area contributed by atoms with Gasteiger partial charge in [-0.3, -0.25) is 4.98 Å². The summed E-state index contributed by atoms with van der Waals surface area (Å²) in [5.41, 5.74) is 0.885. The molecule has 5 rings (SSSR count). The molecule has 2 aliphatic heterocycles. The van der Waals surface area contributed by atoms with E-state index in [-0.39, 0.29) is 0 Å². The predicted molar refractivity (Wildman–Crippen MR) is 111 cm³/mol. The summed E-state index contributed by atoms with van der Waals surface area (Å²) >= 11 is 1.31. The minimum atomic E-state index is 0.421. The highest BCUT2D eigenvalue weighted by atomic mass is 32.1. The Labute approximate surface area is 167 Å². The average Bonchev–Trinajstić information content (AvgIpc) is 3.22. The zero-order valence-electron chi connectivity index (χ0n) is 15.6. The summed E-state index contributed by atoms with van der Waals surface area (Å²) < 4.78 is 0. The molecule has 0 saturated carbocycles. The third kappa shape index (κ3) is 3.17. The number of fused-ring (bicyclic) bond motifs is 3. The largest absolute Gasteiger partial charge is 0.367 e. The van der Waals surface area contributed by atoms with E-state index >= 15 is 0 Å². The Morgan fingerprint density at radius 2 is 2.07 bits per heavy atom. The maximum Gasteiger partial charge on any atom is 0.189 e. The lowest BCUT2D eigenvalue weighted by Crippen LogP contribution is -2.44. The van der Waals surface area contributed by atoms with Crippen molar-refractivity contribution >= 4 is 39.0 Å². The van der Waals surface area contributed by atoms with Crippen LogP contribution in [0.4, 0.5) is 16.8 Å². The first-order valence-corrected chi connectivity index (χ1v) is 10.4. The number of rotatable bonds is 4. The zero-order valence-corrected chi connectivity index (χ0v) is 16.4. The van der Waals surface area contributed by atoms with Crippen LogP contribution in [0.1, 0.15) is 30.6 Å². The number of nitrogens with one attached hydrogen (secondary N) is 2. The number of hydrogen-bond acceptors (Lipinski definition) is 8. The van der Waals surface area contributed by atoms with Crippen molar-refractivity contribution in [3.63, 3.8) is 0 Å². The number of nitriles is 1. The Kier molecular flexibility index (Phi) is 4.34. The quantitative estimate of drug-likeness (QED) is 0.700. The van der Waals surface area contributed by atoms with Crippen molar-refractivity contribution < 1.29 is 0 Å². The fraction of sp³-hybridized carbons (Fsp3) is 0.400. The molecule has 0 aliphatic carbocycles. The van der Waals surface area contributed by atoms with Gasteiger partial charge >= 0.3 is 0 Å². The molecule has 3 aromatic heterocycles. The number of pyridine rings is 2. The van der Waals surface area contributed by atoms with Crippen LogP contribution in [0.2, 0.25) is 0 Å². The first-order valence-electron chi connectivity index (χ1n) is 9.57. The minimum Gasteiger partial charge on any atom is -0.367 e. The highest BCUT2D eigenvalue weighted by Crippen LogP contribution is 2.36. The Bertz CT molecular complexity index is 1040. The summed E-state index contributed by atoms with van der Waals surface area (Å²) in [5.74, 6) is 1.54. The Morgan fingerprint density at radius 3 is 2.82 bits per heavy atom. The topological polar surface area (TPSA) is 89.8 Å². The Morgan fingerprint density at radius 1 is 1.25 bits per heavy atom. The summed E-state index contributed by atoms with van der Waals surface area (Å²) in [5, 5.41) is 17.6. The molecule has 2 aliphatic rings. The van der Waals surface area contributed by atoms with Gasteiger partial charge in [0.05, 0.1) is 11.7 Å². The second-order valence-corrected chi connectivity index (χ2v) is 8.59. The fourth-order valence-electron chi connectivity index (χ4n) is 4.47. The maximum absolute atomic E-state index is 9.00. The van der Waals surface area contributed by atoms with Crippen LogP contribution >= 0.6 is 11.3 Å². The van der Waals surface area contributed by atoms with E-state index in [0.717, 1.165) is 29.6 Å². The van der Waals surface area contributed by atoms with Gasteiger partial charge in [-0.25, -0.2) is 9.97 Å². The van der Waals surface area contributed by atoms with Gasteiger partial charge in [0.1, 0.15) is 22.6 Å². The summed E-state index contributed by atoms with van der Waals surface area (Å²) in [6, 6.07) is 9.80. The number of piperidine rings is 1. The Hall–Kier alpha value is -2.76. The van der Waals surface area contributed by atoms with Gasteiger partial charge in [0.15, 0.2) is 5.13 Å². The van der Waals surface area contributed by atoms with Gasteiger partial charge in [-0.15, -0.1) is 0 Å². The van der Waals surface area contributed by atoms with Gasteiger partial charge in [0.25, 0.3) is 0 Å². The molecule has 28 heavy (non-hydrogen) atoms. The standard InChI is InChI=1S/C20H21N7S/c1-27-13-4-5-14(27)8-12(7-13)24-19-16-3-2-6-22-17(16)9-18(25-19)26-20-23-11-15(10-21)28-20/h2-3,6,9,11-14H,4-5,7-8H2,1H3,(H2,23,24,25,26). The molecule has 0 spiro atoms. The second kappa shape index (κ2) is 7.00. The number of thiazole rings is 1. The van der Waals surface area contributed by atoms with E-state index in [1.807, 2.05) is 12.1 Å². The van der Waals surface area contributed by atoms with Gasteiger partial charge in [-0.2, -0.15) is 5.26 Å². The van der Waals surface area contributed by atoms with E-state index in [4.69, 9.17) is 10.2 Å². The fourth-order valence-corrected chi connectivity index (χ4v) is 5.09. The molecule has 2 fully saturated rings. The molecule has 0 amide bonds. The third-order valence-corrected chi connectivity index (χ3v) is 6.71. The highest BCUT2D eigenvalue weighted by molar-refractivity contribution is 7.16. The van der Waals surface area contributed by atoms with Gasteiger partial charge in [0.2, 0.25) is 0 Å². The predicted octanol–water partition coefficient (Wildman–Crippen LogP) is 3.74. The van der Waals surface area contributed by atoms with E-state index in [1.165, 1.54) is 24.2 Å².